The number of thioether (sulfide) groups is 1. The highest BCUT2D eigenvalue weighted by molar-refractivity contribution is 7.99. The van der Waals surface area contributed by atoms with Gasteiger partial charge in [-0.25, -0.2) is 4.98 Å². The van der Waals surface area contributed by atoms with Gasteiger partial charge in [0, 0.05) is 10.6 Å². The number of thiophene rings is 1. The first-order valence-corrected chi connectivity index (χ1v) is 14.0. The van der Waals surface area contributed by atoms with Crippen molar-refractivity contribution in [2.45, 2.75) is 50.1 Å². The van der Waals surface area contributed by atoms with Crippen molar-refractivity contribution in [2.75, 3.05) is 11.1 Å². The Morgan fingerprint density at radius 3 is 2.25 bits per heavy atom. The molecule has 1 amide bonds. The van der Waals surface area contributed by atoms with Gasteiger partial charge in [-0.15, -0.1) is 11.3 Å². The topological polar surface area (TPSA) is 64.0 Å². The number of hydrogen-bond acceptors (Lipinski definition) is 5. The number of fused-ring (bicyclic) bond motifs is 3. The van der Waals surface area contributed by atoms with Crippen molar-refractivity contribution in [3.05, 3.63) is 79.9 Å². The van der Waals surface area contributed by atoms with Crippen LogP contribution >= 0.6 is 23.1 Å². The number of alkyl halides is 6. The molecule has 0 saturated carbocycles. The molecule has 2 heterocycles. The number of aryl methyl sites for hydroxylation is 3. The predicted octanol–water partition coefficient (Wildman–Crippen LogP) is 7.40. The molecule has 0 spiro atoms. The smallest absolute Gasteiger partial charge is 0.325 e. The predicted molar refractivity (Wildman–Crippen MR) is 142 cm³/mol. The molecular weight excluding hydrogens is 576 g/mol. The summed E-state index contributed by atoms with van der Waals surface area (Å²) in [5.41, 5.74) is -1.52. The van der Waals surface area contributed by atoms with Crippen LogP contribution in [0.3, 0.4) is 0 Å². The van der Waals surface area contributed by atoms with Gasteiger partial charge in [0.25, 0.3) is 5.56 Å². The highest BCUT2D eigenvalue weighted by Crippen LogP contribution is 2.38. The van der Waals surface area contributed by atoms with E-state index in [-0.39, 0.29) is 16.8 Å². The molecular formula is C27H21F6N3O2S2. The Morgan fingerprint density at radius 1 is 1.00 bits per heavy atom. The van der Waals surface area contributed by atoms with Crippen molar-refractivity contribution in [1.29, 1.82) is 0 Å². The third-order valence-electron chi connectivity index (χ3n) is 6.45. The van der Waals surface area contributed by atoms with Crippen LogP contribution in [0.5, 0.6) is 0 Å². The van der Waals surface area contributed by atoms with Crippen molar-refractivity contribution in [1.82, 2.24) is 9.55 Å². The minimum absolute atomic E-state index is 0.00949. The lowest BCUT2D eigenvalue weighted by molar-refractivity contribution is -0.143. The fourth-order valence-corrected chi connectivity index (χ4v) is 6.67. The van der Waals surface area contributed by atoms with Crippen LogP contribution in [0.15, 0.2) is 52.4 Å². The van der Waals surface area contributed by atoms with Gasteiger partial charge < -0.3 is 5.32 Å². The van der Waals surface area contributed by atoms with E-state index in [0.717, 1.165) is 53.4 Å². The summed E-state index contributed by atoms with van der Waals surface area (Å²) in [6.45, 7) is 1.89. The van der Waals surface area contributed by atoms with Gasteiger partial charge in [0.1, 0.15) is 4.83 Å². The van der Waals surface area contributed by atoms with Gasteiger partial charge in [0.15, 0.2) is 5.16 Å². The van der Waals surface area contributed by atoms with Gasteiger partial charge in [-0.2, -0.15) is 26.3 Å². The number of rotatable bonds is 5. The molecule has 5 rings (SSSR count). The highest BCUT2D eigenvalue weighted by atomic mass is 32.2. The number of aromatic nitrogens is 2. The van der Waals surface area contributed by atoms with E-state index in [1.807, 2.05) is 19.1 Å². The molecule has 1 aliphatic rings. The maximum Gasteiger partial charge on any atom is 0.416 e. The second-order valence-corrected chi connectivity index (χ2v) is 11.4. The minimum Gasteiger partial charge on any atom is -0.325 e. The lowest BCUT2D eigenvalue weighted by Crippen LogP contribution is -2.23. The van der Waals surface area contributed by atoms with E-state index in [1.54, 1.807) is 12.1 Å². The second kappa shape index (κ2) is 10.6. The van der Waals surface area contributed by atoms with Gasteiger partial charge in [0.2, 0.25) is 5.91 Å². The van der Waals surface area contributed by atoms with Crippen LogP contribution in [0, 0.1) is 6.92 Å². The fourth-order valence-electron chi connectivity index (χ4n) is 4.56. The molecule has 4 aromatic rings. The van der Waals surface area contributed by atoms with Crippen LogP contribution < -0.4 is 10.9 Å². The van der Waals surface area contributed by atoms with E-state index >= 15 is 0 Å². The summed E-state index contributed by atoms with van der Waals surface area (Å²) in [6.07, 6.45) is -6.49. The van der Waals surface area contributed by atoms with Crippen LogP contribution in [0.25, 0.3) is 15.9 Å². The zero-order valence-electron chi connectivity index (χ0n) is 20.9. The number of nitrogens with zero attached hydrogens (tertiary/aromatic N) is 2. The summed E-state index contributed by atoms with van der Waals surface area (Å²) in [6, 6.07) is 8.01. The molecule has 0 fully saturated rings. The summed E-state index contributed by atoms with van der Waals surface area (Å²) in [5, 5.41) is 2.85. The molecule has 5 nitrogen and oxygen atoms in total. The summed E-state index contributed by atoms with van der Waals surface area (Å²) >= 11 is 2.30. The number of anilines is 1. The van der Waals surface area contributed by atoms with Crippen LogP contribution in [-0.4, -0.2) is 21.2 Å². The zero-order chi connectivity index (χ0) is 28.8. The van der Waals surface area contributed by atoms with Crippen LogP contribution in [-0.2, 0) is 30.0 Å². The van der Waals surface area contributed by atoms with Crippen molar-refractivity contribution in [2.24, 2.45) is 0 Å². The lowest BCUT2D eigenvalue weighted by Gasteiger charge is -2.15. The SMILES string of the molecule is Cc1ccc(-n2c(SCC(=O)Nc3cc(C(F)(F)F)cc(C(F)(F)F)c3)nc3sc4c(c3c2=O)CCCC4)cc1. The quantitative estimate of drug-likeness (QED) is 0.148. The minimum atomic E-state index is -5.04. The Kier molecular flexibility index (Phi) is 7.47. The zero-order valence-corrected chi connectivity index (χ0v) is 22.5. The largest absolute Gasteiger partial charge is 0.416 e. The van der Waals surface area contributed by atoms with E-state index in [2.05, 4.69) is 10.3 Å². The van der Waals surface area contributed by atoms with E-state index in [9.17, 15) is 35.9 Å². The number of nitrogens with one attached hydrogen (secondary N) is 1. The molecule has 13 heteroatoms. The second-order valence-electron chi connectivity index (χ2n) is 9.39. The molecule has 0 atom stereocenters. The third-order valence-corrected chi connectivity index (χ3v) is 8.58. The molecule has 0 aliphatic heterocycles. The van der Waals surface area contributed by atoms with Gasteiger partial charge >= 0.3 is 12.4 Å². The van der Waals surface area contributed by atoms with Gasteiger partial charge in [-0.3, -0.25) is 14.2 Å². The van der Waals surface area contributed by atoms with E-state index < -0.39 is 40.8 Å². The molecule has 0 radical (unpaired) electrons. The number of amides is 1. The molecule has 40 heavy (non-hydrogen) atoms. The van der Waals surface area contributed by atoms with Gasteiger partial charge in [-0.1, -0.05) is 29.5 Å². The molecule has 0 bridgehead atoms. The first kappa shape index (κ1) is 28.2. The molecule has 1 aliphatic carbocycles. The maximum atomic E-state index is 13.8. The number of carbonyl (C=O) groups excluding carboxylic acids is 1. The molecule has 0 saturated heterocycles. The number of benzene rings is 2. The monoisotopic (exact) mass is 597 g/mol. The van der Waals surface area contributed by atoms with Gasteiger partial charge in [0.05, 0.1) is 28.0 Å². The molecule has 0 unspecified atom stereocenters. The summed E-state index contributed by atoms with van der Waals surface area (Å²) in [5.74, 6) is -1.26. The standard InChI is InChI=1S/C27H21F6N3O2S2/c1-14-6-8-18(9-7-14)36-24(38)22-19-4-2-3-5-20(19)40-23(22)35-25(36)39-13-21(37)34-17-11-15(26(28,29)30)10-16(12-17)27(31,32)33/h6-12H,2-5,13H2,1H3,(H,34,37). The Morgan fingerprint density at radius 2 is 1.62 bits per heavy atom. The van der Waals surface area contributed by atoms with Crippen molar-refractivity contribution in [3.8, 4) is 5.69 Å². The van der Waals surface area contributed by atoms with Gasteiger partial charge in [-0.05, 0) is 68.5 Å². The molecule has 2 aromatic carbocycles. The normalized spacial score (nSPS) is 13.9. The Bertz CT molecular complexity index is 1620. The van der Waals surface area contributed by atoms with Crippen molar-refractivity contribution in [3.63, 3.8) is 0 Å². The van der Waals surface area contributed by atoms with Crippen LogP contribution in [0.2, 0.25) is 0 Å². The van der Waals surface area contributed by atoms with Crippen LogP contribution in [0.1, 0.15) is 40.0 Å². The van der Waals surface area contributed by atoms with Crippen LogP contribution in [0.4, 0.5) is 32.0 Å². The number of hydrogen-bond donors (Lipinski definition) is 1. The lowest BCUT2D eigenvalue weighted by atomic mass is 9.97. The Balaban J connectivity index is 1.48. The van der Waals surface area contributed by atoms with Crippen molar-refractivity contribution >= 4 is 44.9 Å². The molecule has 210 valence electrons. The number of carbonyl (C=O) groups is 1. The summed E-state index contributed by atoms with van der Waals surface area (Å²) in [4.78, 5) is 32.8. The first-order valence-electron chi connectivity index (χ1n) is 12.2. The van der Waals surface area contributed by atoms with E-state index in [4.69, 9.17) is 0 Å². The summed E-state index contributed by atoms with van der Waals surface area (Å²) in [7, 11) is 0. The molecule has 2 aromatic heterocycles. The highest BCUT2D eigenvalue weighted by Gasteiger charge is 2.37. The number of halogens is 6. The third kappa shape index (κ3) is 5.75. The van der Waals surface area contributed by atoms with E-state index in [1.165, 1.54) is 15.9 Å². The fraction of sp³-hybridized carbons (Fsp3) is 0.296. The van der Waals surface area contributed by atoms with Crippen molar-refractivity contribution < 1.29 is 31.1 Å². The Hall–Kier alpha value is -3.32. The average Bonchev–Trinajstić information content (AvgIpc) is 3.26. The average molecular weight is 598 g/mol. The maximum absolute atomic E-state index is 13.8. The molecule has 1 N–H and O–H groups in total. The Labute approximate surface area is 232 Å². The first-order chi connectivity index (χ1) is 18.8. The summed E-state index contributed by atoms with van der Waals surface area (Å²) < 4.78 is 80.6. The van der Waals surface area contributed by atoms with E-state index in [0.29, 0.717) is 28.0 Å².